The van der Waals surface area contributed by atoms with E-state index in [-0.39, 0.29) is 102 Å². The van der Waals surface area contributed by atoms with Crippen molar-refractivity contribution in [1.29, 1.82) is 16.2 Å². The van der Waals surface area contributed by atoms with Gasteiger partial charge < -0.3 is 87.4 Å². The fourth-order valence-electron chi connectivity index (χ4n) is 5.91. The highest BCUT2D eigenvalue weighted by molar-refractivity contribution is 7.98. The summed E-state index contributed by atoms with van der Waals surface area (Å²) in [7, 11) is 0. The molecule has 0 bridgehead atoms. The maximum atomic E-state index is 14.0. The van der Waals surface area contributed by atoms with Crippen molar-refractivity contribution in [3.05, 3.63) is 0 Å². The lowest BCUT2D eigenvalue weighted by Crippen LogP contribution is -2.59. The maximum Gasteiger partial charge on any atom is 0.326 e. The Balaban J connectivity index is 6.40. The van der Waals surface area contributed by atoms with Gasteiger partial charge in [0.25, 0.3) is 0 Å². The maximum absolute atomic E-state index is 14.0. The molecule has 0 rings (SSSR count). The normalized spacial score (nSPS) is 13.6. The summed E-state index contributed by atoms with van der Waals surface area (Å²) in [6.45, 7) is 0.567. The molecule has 0 radical (unpaired) electrons. The summed E-state index contributed by atoms with van der Waals surface area (Å²) in [6, 6.07) is -7.21. The number of carbonyl (C=O) groups is 7. The van der Waals surface area contributed by atoms with E-state index in [9.17, 15) is 38.7 Å². The second-order valence-corrected chi connectivity index (χ2v) is 15.8. The van der Waals surface area contributed by atoms with Gasteiger partial charge in [-0.05, 0) is 109 Å². The summed E-state index contributed by atoms with van der Waals surface area (Å²) in [5, 5.41) is 55.2. The first-order valence-corrected chi connectivity index (χ1v) is 22.7. The van der Waals surface area contributed by atoms with E-state index in [1.54, 1.807) is 0 Å². The van der Waals surface area contributed by atoms with E-state index < -0.39 is 84.2 Å². The van der Waals surface area contributed by atoms with Crippen molar-refractivity contribution in [3.63, 3.8) is 0 Å². The molecular weight excluding hydrogens is 857 g/mol. The highest BCUT2D eigenvalue weighted by Gasteiger charge is 2.32. The minimum atomic E-state index is -1.36. The van der Waals surface area contributed by atoms with Crippen LogP contribution in [-0.4, -0.2) is 152 Å². The van der Waals surface area contributed by atoms with Crippen molar-refractivity contribution >= 4 is 71.1 Å². The lowest BCUT2D eigenvalue weighted by atomic mass is 10.0. The molecular formula is C37H74N18O8S. The molecule has 0 aromatic rings. The van der Waals surface area contributed by atoms with Crippen molar-refractivity contribution < 1.29 is 38.7 Å². The van der Waals surface area contributed by atoms with Crippen LogP contribution in [0, 0.1) is 16.2 Å². The molecule has 0 fully saturated rings. The lowest BCUT2D eigenvalue weighted by Gasteiger charge is -2.27. The Morgan fingerprint density at radius 2 is 0.844 bits per heavy atom. The van der Waals surface area contributed by atoms with E-state index in [1.807, 2.05) is 6.26 Å². The minimum absolute atomic E-state index is 0.0269. The number of carbonyl (C=O) groups excluding carboxylic acids is 6. The van der Waals surface area contributed by atoms with Crippen LogP contribution >= 0.6 is 11.8 Å². The predicted molar refractivity (Wildman–Crippen MR) is 245 cm³/mol. The summed E-state index contributed by atoms with van der Waals surface area (Å²) in [4.78, 5) is 92.9. The monoisotopic (exact) mass is 931 g/mol. The predicted octanol–water partition coefficient (Wildman–Crippen LogP) is -5.26. The van der Waals surface area contributed by atoms with Crippen LogP contribution in [-0.2, 0) is 33.6 Å². The van der Waals surface area contributed by atoms with Crippen molar-refractivity contribution in [2.24, 2.45) is 34.4 Å². The first-order valence-electron chi connectivity index (χ1n) is 21.3. The van der Waals surface area contributed by atoms with Gasteiger partial charge in [0.05, 0.1) is 12.6 Å². The SMILES string of the molecule is CSCC[C@H](N)C(=O)NCC(=O)N[C@@H](CCCNC(=N)N)C(=O)N[C@@H](CCCCN)C(=O)N[C@@H](CCCCN)C(=O)N[C@@H](CCCNC(=N)N)C(=O)N[C@@H](CCCNC(=N)N)C(=O)O. The zero-order valence-corrected chi connectivity index (χ0v) is 37.6. The molecule has 0 spiro atoms. The second-order valence-electron chi connectivity index (χ2n) is 14.8. The Morgan fingerprint density at radius 3 is 1.19 bits per heavy atom. The topological polar surface area (TPSA) is 476 Å². The molecule has 0 aliphatic heterocycles. The molecule has 64 heavy (non-hydrogen) atoms. The molecule has 0 aliphatic rings. The Morgan fingerprint density at radius 1 is 0.500 bits per heavy atom. The Bertz CT molecular complexity index is 1510. The quantitative estimate of drug-likeness (QED) is 0.0159. The number of hydrogen-bond donors (Lipinski definition) is 19. The van der Waals surface area contributed by atoms with Crippen LogP contribution < -0.4 is 82.3 Å². The van der Waals surface area contributed by atoms with Gasteiger partial charge in [0.15, 0.2) is 17.9 Å². The van der Waals surface area contributed by atoms with Crippen molar-refractivity contribution in [2.45, 2.75) is 120 Å². The number of nitrogens with one attached hydrogen (secondary N) is 12. The zero-order valence-electron chi connectivity index (χ0n) is 36.8. The Hall–Kier alpha value is -5.67. The third-order valence-corrected chi connectivity index (χ3v) is 10.1. The molecule has 25 N–H and O–H groups in total. The molecule has 0 saturated carbocycles. The number of hydrogen-bond acceptors (Lipinski definition) is 14. The highest BCUT2D eigenvalue weighted by Crippen LogP contribution is 2.09. The summed E-state index contributed by atoms with van der Waals surface area (Å²) in [5.41, 5.74) is 33.4. The number of unbranched alkanes of at least 4 members (excludes halogenated alkanes) is 2. The molecule has 0 aliphatic carbocycles. The van der Waals surface area contributed by atoms with Crippen molar-refractivity contribution in [2.75, 3.05) is 51.3 Å². The largest absolute Gasteiger partial charge is 0.480 e. The smallest absolute Gasteiger partial charge is 0.326 e. The minimum Gasteiger partial charge on any atom is -0.480 e. The average molecular weight is 931 g/mol. The third kappa shape index (κ3) is 28.1. The van der Waals surface area contributed by atoms with Gasteiger partial charge in [0.1, 0.15) is 30.2 Å². The van der Waals surface area contributed by atoms with Gasteiger partial charge in [-0.15, -0.1) is 0 Å². The fourth-order valence-corrected chi connectivity index (χ4v) is 6.40. The number of nitrogens with two attached hydrogens (primary N) is 6. The standard InChI is InChI=1S/C37H74N18O8S/c1-64-20-14-22(40)29(57)50-21-28(56)51-23(11-6-17-47-35(41)42)30(58)52-24(9-2-4-15-38)31(59)53-25(10-3-5-16-39)32(60)54-26(12-7-18-48-36(43)44)33(61)55-27(34(62)63)13-8-19-49-37(45)46/h22-27H,2-21,38-40H2,1H3,(H,50,57)(H,51,56)(H,52,58)(H,53,59)(H,54,60)(H,55,61)(H,62,63)(H4,41,42,47)(H4,43,44,48)(H4,45,46,49)/t22-,23-,24-,25-,26-,27-/m0/s1. The zero-order chi connectivity index (χ0) is 48.5. The van der Waals surface area contributed by atoms with Crippen LogP contribution in [0.4, 0.5) is 0 Å². The molecule has 6 amide bonds. The van der Waals surface area contributed by atoms with Gasteiger partial charge in [0.2, 0.25) is 35.4 Å². The molecule has 6 atom stereocenters. The van der Waals surface area contributed by atoms with Gasteiger partial charge >= 0.3 is 5.97 Å². The van der Waals surface area contributed by atoms with E-state index in [4.69, 9.17) is 50.6 Å². The van der Waals surface area contributed by atoms with E-state index in [2.05, 4.69) is 47.9 Å². The van der Waals surface area contributed by atoms with Crippen LogP contribution in [0.15, 0.2) is 0 Å². The van der Waals surface area contributed by atoms with Gasteiger partial charge in [0, 0.05) is 19.6 Å². The number of rotatable bonds is 36. The summed E-state index contributed by atoms with van der Waals surface area (Å²) >= 11 is 1.51. The Kier molecular flexibility index (Phi) is 31.7. The number of guanidine groups is 3. The van der Waals surface area contributed by atoms with Gasteiger partial charge in [-0.2, -0.15) is 11.8 Å². The molecule has 0 aromatic carbocycles. The van der Waals surface area contributed by atoms with E-state index in [0.717, 1.165) is 0 Å². The highest BCUT2D eigenvalue weighted by atomic mass is 32.2. The number of aliphatic carboxylic acids is 1. The molecule has 366 valence electrons. The molecule has 0 unspecified atom stereocenters. The van der Waals surface area contributed by atoms with Gasteiger partial charge in [-0.25, -0.2) is 4.79 Å². The summed E-state index contributed by atoms with van der Waals surface area (Å²) < 4.78 is 0. The average Bonchev–Trinajstić information content (AvgIpc) is 3.23. The second kappa shape index (κ2) is 34.8. The molecule has 0 heterocycles. The van der Waals surface area contributed by atoms with Gasteiger partial charge in [-0.1, -0.05) is 0 Å². The third-order valence-electron chi connectivity index (χ3n) is 9.41. The Labute approximate surface area is 378 Å². The van der Waals surface area contributed by atoms with E-state index in [1.165, 1.54) is 11.8 Å². The van der Waals surface area contributed by atoms with Crippen molar-refractivity contribution in [1.82, 2.24) is 47.9 Å². The van der Waals surface area contributed by atoms with Crippen LogP contribution in [0.1, 0.15) is 83.5 Å². The van der Waals surface area contributed by atoms with Crippen LogP contribution in [0.25, 0.3) is 0 Å². The van der Waals surface area contributed by atoms with E-state index in [0.29, 0.717) is 37.9 Å². The fraction of sp³-hybridized carbons (Fsp3) is 0.730. The van der Waals surface area contributed by atoms with E-state index >= 15 is 0 Å². The van der Waals surface area contributed by atoms with Gasteiger partial charge in [-0.3, -0.25) is 45.0 Å². The number of carboxylic acids is 1. The first-order chi connectivity index (χ1) is 30.4. The molecule has 26 nitrogen and oxygen atoms in total. The molecule has 0 aromatic heterocycles. The van der Waals surface area contributed by atoms with Crippen LogP contribution in [0.5, 0.6) is 0 Å². The number of thioether (sulfide) groups is 1. The lowest BCUT2D eigenvalue weighted by molar-refractivity contribution is -0.142. The summed E-state index contributed by atoms with van der Waals surface area (Å²) in [6.07, 6.45) is 4.75. The number of amides is 6. The summed E-state index contributed by atoms with van der Waals surface area (Å²) in [5.74, 6) is -6.01. The van der Waals surface area contributed by atoms with Crippen molar-refractivity contribution in [3.8, 4) is 0 Å². The van der Waals surface area contributed by atoms with Crippen LogP contribution in [0.3, 0.4) is 0 Å². The molecule has 0 saturated heterocycles. The molecule has 27 heteroatoms. The van der Waals surface area contributed by atoms with Crippen LogP contribution in [0.2, 0.25) is 0 Å². The first kappa shape index (κ1) is 58.3. The number of carboxylic acid groups (broad SMARTS) is 1.